The summed E-state index contributed by atoms with van der Waals surface area (Å²) in [4.78, 5) is 24.6. The van der Waals surface area contributed by atoms with Crippen molar-refractivity contribution in [2.24, 2.45) is 0 Å². The van der Waals surface area contributed by atoms with Gasteiger partial charge in [-0.3, -0.25) is 9.59 Å². The van der Waals surface area contributed by atoms with Gasteiger partial charge < -0.3 is 20.3 Å². The number of ether oxygens (including phenoxy) is 1. The molecule has 0 radical (unpaired) electrons. The molecule has 0 rings (SSSR count). The van der Waals surface area contributed by atoms with Crippen molar-refractivity contribution < 1.29 is 24.5 Å². The van der Waals surface area contributed by atoms with E-state index in [1.165, 1.54) is 315 Å². The normalized spacial score (nSPS) is 12.5. The summed E-state index contributed by atoms with van der Waals surface area (Å²) < 4.78 is 5.50. The van der Waals surface area contributed by atoms with Crippen molar-refractivity contribution in [3.63, 3.8) is 0 Å². The predicted molar refractivity (Wildman–Crippen MR) is 320 cm³/mol. The molecule has 0 bridgehead atoms. The molecule has 0 aromatic carbocycles. The second kappa shape index (κ2) is 63.1. The number of unbranched alkanes of at least 4 members (excludes halogenated alkanes) is 52. The van der Waals surface area contributed by atoms with E-state index in [0.717, 1.165) is 38.5 Å². The first kappa shape index (κ1) is 71.6. The molecule has 0 heterocycles. The summed E-state index contributed by atoms with van der Waals surface area (Å²) in [5, 5.41) is 23.2. The lowest BCUT2D eigenvalue weighted by Gasteiger charge is -2.20. The first-order valence-corrected chi connectivity index (χ1v) is 33.5. The number of hydrogen-bond acceptors (Lipinski definition) is 5. The van der Waals surface area contributed by atoms with E-state index in [1.54, 1.807) is 6.08 Å². The van der Waals surface area contributed by atoms with Gasteiger partial charge in [-0.25, -0.2) is 0 Å². The molecule has 0 spiro atoms. The van der Waals surface area contributed by atoms with Gasteiger partial charge in [0.05, 0.1) is 25.4 Å². The lowest BCUT2D eigenvalue weighted by Crippen LogP contribution is -2.45. The minimum Gasteiger partial charge on any atom is -0.466 e. The SMILES string of the molecule is CCCCCCCCCCCCCCCCCCCCC/C=C/C(O)C(CO)NC(=O)CCCCCCCCCCCCCCCCCCCOC(=O)CCCCCCCCCCCCCCCCCCCC. The number of esters is 1. The molecule has 0 saturated heterocycles. The fraction of sp³-hybridized carbons (Fsp3) is 0.940. The fourth-order valence-electron chi connectivity index (χ4n) is 10.7. The van der Waals surface area contributed by atoms with Crippen molar-refractivity contribution in [1.82, 2.24) is 5.32 Å². The Morgan fingerprint density at radius 1 is 0.370 bits per heavy atom. The Kier molecular flexibility index (Phi) is 61.9. The monoisotopic (exact) mass is 1030 g/mol. The van der Waals surface area contributed by atoms with Gasteiger partial charge in [0.15, 0.2) is 0 Å². The summed E-state index contributed by atoms with van der Waals surface area (Å²) in [5.41, 5.74) is 0. The number of allylic oxidation sites excluding steroid dienone is 1. The minimum atomic E-state index is -0.848. The van der Waals surface area contributed by atoms with Crippen molar-refractivity contribution in [2.75, 3.05) is 13.2 Å². The number of nitrogens with one attached hydrogen (secondary N) is 1. The third-order valence-corrected chi connectivity index (χ3v) is 15.8. The number of rotatable bonds is 63. The summed E-state index contributed by atoms with van der Waals surface area (Å²) in [6, 6.07) is -0.632. The number of carbonyl (C=O) groups excluding carboxylic acids is 2. The van der Waals surface area contributed by atoms with Crippen LogP contribution < -0.4 is 5.32 Å². The average Bonchev–Trinajstić information content (AvgIpc) is 3.39. The lowest BCUT2D eigenvalue weighted by atomic mass is 10.0. The second-order valence-electron chi connectivity index (χ2n) is 23.2. The van der Waals surface area contributed by atoms with Crippen LogP contribution in [0.15, 0.2) is 12.2 Å². The van der Waals surface area contributed by atoms with Crippen molar-refractivity contribution in [1.29, 1.82) is 0 Å². The zero-order valence-electron chi connectivity index (χ0n) is 49.6. The van der Waals surface area contributed by atoms with Gasteiger partial charge in [0.2, 0.25) is 5.91 Å². The highest BCUT2D eigenvalue weighted by molar-refractivity contribution is 5.76. The molecule has 6 heteroatoms. The van der Waals surface area contributed by atoms with Crippen LogP contribution in [0, 0.1) is 0 Å². The maximum atomic E-state index is 12.5. The number of carbonyl (C=O) groups is 2. The molecule has 0 aliphatic heterocycles. The van der Waals surface area contributed by atoms with E-state index in [-0.39, 0.29) is 18.5 Å². The molecule has 73 heavy (non-hydrogen) atoms. The standard InChI is InChI=1S/C67H131NO5/c1-3-5-7-9-11-13-15-17-19-21-23-24-25-27-31-35-39-43-47-51-55-59-65(70)64(63-69)68-66(71)60-56-52-48-44-40-36-32-28-26-30-34-38-42-46-50-54-58-62-73-67(72)61-57-53-49-45-41-37-33-29-22-20-18-16-14-12-10-8-6-4-2/h55,59,64-65,69-70H,3-54,56-58,60-63H2,1-2H3,(H,68,71)/b59-55+. The molecule has 1 amide bonds. The number of aliphatic hydroxyl groups is 2. The quantitative estimate of drug-likeness (QED) is 0.0320. The lowest BCUT2D eigenvalue weighted by molar-refractivity contribution is -0.143. The van der Waals surface area contributed by atoms with Crippen molar-refractivity contribution in [3.05, 3.63) is 12.2 Å². The number of hydrogen-bond donors (Lipinski definition) is 3. The topological polar surface area (TPSA) is 95.9 Å². The molecular formula is C67H131NO5. The third-order valence-electron chi connectivity index (χ3n) is 15.8. The molecule has 0 aromatic rings. The van der Waals surface area contributed by atoms with E-state index in [9.17, 15) is 19.8 Å². The summed E-state index contributed by atoms with van der Waals surface area (Å²) >= 11 is 0. The van der Waals surface area contributed by atoms with Crippen LogP contribution in [0.25, 0.3) is 0 Å². The average molecular weight is 1030 g/mol. The van der Waals surface area contributed by atoms with Crippen molar-refractivity contribution in [3.8, 4) is 0 Å². The second-order valence-corrected chi connectivity index (χ2v) is 23.2. The van der Waals surface area contributed by atoms with Gasteiger partial charge in [-0.05, 0) is 32.1 Å². The van der Waals surface area contributed by atoms with Crippen LogP contribution in [0.3, 0.4) is 0 Å². The largest absolute Gasteiger partial charge is 0.466 e. The number of amides is 1. The molecule has 3 N–H and O–H groups in total. The first-order valence-electron chi connectivity index (χ1n) is 33.5. The summed E-state index contributed by atoms with van der Waals surface area (Å²) in [6.45, 7) is 4.94. The van der Waals surface area contributed by atoms with Crippen molar-refractivity contribution in [2.45, 2.75) is 392 Å². The Balaban J connectivity index is 3.41. The van der Waals surface area contributed by atoms with Crippen molar-refractivity contribution >= 4 is 11.9 Å². The summed E-state index contributed by atoms with van der Waals surface area (Å²) in [5.74, 6) is -0.0588. The summed E-state index contributed by atoms with van der Waals surface area (Å²) in [7, 11) is 0. The Hall–Kier alpha value is -1.40. The zero-order valence-corrected chi connectivity index (χ0v) is 49.6. The van der Waals surface area contributed by atoms with Gasteiger partial charge in [0, 0.05) is 12.8 Å². The smallest absolute Gasteiger partial charge is 0.305 e. The fourth-order valence-corrected chi connectivity index (χ4v) is 10.7. The highest BCUT2D eigenvalue weighted by Gasteiger charge is 2.18. The van der Waals surface area contributed by atoms with E-state index >= 15 is 0 Å². The predicted octanol–water partition coefficient (Wildman–Crippen LogP) is 21.2. The van der Waals surface area contributed by atoms with E-state index in [2.05, 4.69) is 19.2 Å². The Morgan fingerprint density at radius 3 is 0.932 bits per heavy atom. The maximum Gasteiger partial charge on any atom is 0.305 e. The molecule has 6 nitrogen and oxygen atoms in total. The van der Waals surface area contributed by atoms with Crippen LogP contribution in [0.1, 0.15) is 380 Å². The molecule has 0 aliphatic carbocycles. The molecule has 2 unspecified atom stereocenters. The van der Waals surface area contributed by atoms with E-state index in [4.69, 9.17) is 4.74 Å². The number of aliphatic hydroxyl groups excluding tert-OH is 2. The van der Waals surface area contributed by atoms with E-state index < -0.39 is 12.1 Å². The van der Waals surface area contributed by atoms with Crippen LogP contribution in [0.2, 0.25) is 0 Å². The van der Waals surface area contributed by atoms with E-state index in [0.29, 0.717) is 19.4 Å². The first-order chi connectivity index (χ1) is 36.0. The minimum absolute atomic E-state index is 0.0100. The Labute approximate surface area is 457 Å². The van der Waals surface area contributed by atoms with Gasteiger partial charge in [0.25, 0.3) is 0 Å². The van der Waals surface area contributed by atoms with Gasteiger partial charge in [-0.2, -0.15) is 0 Å². The van der Waals surface area contributed by atoms with Gasteiger partial charge >= 0.3 is 5.97 Å². The molecule has 0 aromatic heterocycles. The zero-order chi connectivity index (χ0) is 52.9. The highest BCUT2D eigenvalue weighted by atomic mass is 16.5. The molecule has 2 atom stereocenters. The molecular weight excluding hydrogens is 899 g/mol. The van der Waals surface area contributed by atoms with Crippen LogP contribution in [0.5, 0.6) is 0 Å². The Morgan fingerprint density at radius 2 is 0.630 bits per heavy atom. The molecule has 434 valence electrons. The van der Waals surface area contributed by atoms with Crippen LogP contribution >= 0.6 is 0 Å². The van der Waals surface area contributed by atoms with Gasteiger partial charge in [0.1, 0.15) is 0 Å². The third kappa shape index (κ3) is 59.7. The van der Waals surface area contributed by atoms with Crippen LogP contribution in [-0.4, -0.2) is 47.4 Å². The van der Waals surface area contributed by atoms with Gasteiger partial charge in [-0.15, -0.1) is 0 Å². The molecule has 0 fully saturated rings. The van der Waals surface area contributed by atoms with Gasteiger partial charge in [-0.1, -0.05) is 347 Å². The highest BCUT2D eigenvalue weighted by Crippen LogP contribution is 2.19. The van der Waals surface area contributed by atoms with E-state index in [1.807, 2.05) is 6.08 Å². The summed E-state index contributed by atoms with van der Waals surface area (Å²) in [6.07, 6.45) is 76.9. The van der Waals surface area contributed by atoms with Crippen LogP contribution in [0.4, 0.5) is 0 Å². The Bertz CT molecular complexity index is 1100. The molecule has 0 aliphatic rings. The van der Waals surface area contributed by atoms with Crippen LogP contribution in [-0.2, 0) is 14.3 Å². The maximum absolute atomic E-state index is 12.5. The molecule has 0 saturated carbocycles.